The first kappa shape index (κ1) is 19.3. The van der Waals surface area contributed by atoms with Gasteiger partial charge in [-0.2, -0.15) is 0 Å². The molecule has 1 aromatic carbocycles. The van der Waals surface area contributed by atoms with E-state index in [9.17, 15) is 9.59 Å². The minimum atomic E-state index is -0.104. The van der Waals surface area contributed by atoms with Crippen molar-refractivity contribution in [1.29, 1.82) is 0 Å². The predicted molar refractivity (Wildman–Crippen MR) is 100 cm³/mol. The fourth-order valence-corrected chi connectivity index (χ4v) is 3.31. The number of hydrogen-bond donors (Lipinski definition) is 1. The van der Waals surface area contributed by atoms with E-state index in [-0.39, 0.29) is 24.0 Å². The SMILES string of the molecule is CCCCN(CCC)C(=O)NC1CC(=O)N(C(C)c2ccccc2)C1. The molecule has 2 unspecified atom stereocenters. The molecular weight excluding hydrogens is 314 g/mol. The number of amides is 3. The second-order valence-corrected chi connectivity index (χ2v) is 6.82. The van der Waals surface area contributed by atoms with Gasteiger partial charge in [-0.05, 0) is 25.3 Å². The first-order chi connectivity index (χ1) is 12.1. The van der Waals surface area contributed by atoms with Crippen LogP contribution in [0, 0.1) is 0 Å². The van der Waals surface area contributed by atoms with Gasteiger partial charge < -0.3 is 15.1 Å². The average Bonchev–Trinajstić information content (AvgIpc) is 2.98. The molecule has 1 saturated heterocycles. The highest BCUT2D eigenvalue weighted by atomic mass is 16.2. The number of carbonyl (C=O) groups excluding carboxylic acids is 2. The highest BCUT2D eigenvalue weighted by Gasteiger charge is 2.34. The van der Waals surface area contributed by atoms with Crippen LogP contribution < -0.4 is 5.32 Å². The van der Waals surface area contributed by atoms with Crippen LogP contribution in [0.3, 0.4) is 0 Å². The third-order valence-electron chi connectivity index (χ3n) is 4.80. The molecule has 1 aromatic rings. The summed E-state index contributed by atoms with van der Waals surface area (Å²) in [5, 5.41) is 3.06. The quantitative estimate of drug-likeness (QED) is 0.783. The van der Waals surface area contributed by atoms with Gasteiger partial charge in [0, 0.05) is 26.1 Å². The topological polar surface area (TPSA) is 52.7 Å². The zero-order valence-corrected chi connectivity index (χ0v) is 15.7. The van der Waals surface area contributed by atoms with Crippen LogP contribution >= 0.6 is 0 Å². The van der Waals surface area contributed by atoms with E-state index < -0.39 is 0 Å². The summed E-state index contributed by atoms with van der Waals surface area (Å²) in [6.07, 6.45) is 3.40. The summed E-state index contributed by atoms with van der Waals surface area (Å²) in [6.45, 7) is 8.36. The van der Waals surface area contributed by atoms with E-state index in [1.165, 1.54) is 0 Å². The zero-order chi connectivity index (χ0) is 18.2. The molecule has 2 rings (SSSR count). The Labute approximate surface area is 151 Å². The van der Waals surface area contributed by atoms with Crippen LogP contribution in [0.2, 0.25) is 0 Å². The Morgan fingerprint density at radius 3 is 2.60 bits per heavy atom. The van der Waals surface area contributed by atoms with Crippen molar-refractivity contribution < 1.29 is 9.59 Å². The molecular formula is C20H31N3O2. The van der Waals surface area contributed by atoms with Gasteiger partial charge in [0.15, 0.2) is 0 Å². The molecule has 3 amide bonds. The molecule has 1 N–H and O–H groups in total. The van der Waals surface area contributed by atoms with Crippen molar-refractivity contribution in [3.8, 4) is 0 Å². The molecule has 0 radical (unpaired) electrons. The van der Waals surface area contributed by atoms with E-state index in [0.717, 1.165) is 37.9 Å². The monoisotopic (exact) mass is 345 g/mol. The Balaban J connectivity index is 1.93. The molecule has 1 heterocycles. The number of nitrogens with one attached hydrogen (secondary N) is 1. The summed E-state index contributed by atoms with van der Waals surface area (Å²) in [5.41, 5.74) is 1.12. The highest BCUT2D eigenvalue weighted by Crippen LogP contribution is 2.25. The Kier molecular flexibility index (Phi) is 7.29. The number of urea groups is 1. The van der Waals surface area contributed by atoms with Gasteiger partial charge in [0.2, 0.25) is 5.91 Å². The van der Waals surface area contributed by atoms with Gasteiger partial charge in [0.05, 0.1) is 12.1 Å². The van der Waals surface area contributed by atoms with Crippen LogP contribution in [0.15, 0.2) is 30.3 Å². The van der Waals surface area contributed by atoms with Crippen LogP contribution in [0.5, 0.6) is 0 Å². The number of hydrogen-bond acceptors (Lipinski definition) is 2. The molecule has 0 bridgehead atoms. The van der Waals surface area contributed by atoms with E-state index in [0.29, 0.717) is 13.0 Å². The molecule has 0 saturated carbocycles. The first-order valence-corrected chi connectivity index (χ1v) is 9.46. The summed E-state index contributed by atoms with van der Waals surface area (Å²) >= 11 is 0. The Hall–Kier alpha value is -2.04. The standard InChI is InChI=1S/C20H31N3O2/c1-4-6-13-22(12-5-2)20(25)21-18-14-19(24)23(15-18)16(3)17-10-8-7-9-11-17/h7-11,16,18H,4-6,12-15H2,1-3H3,(H,21,25). The Morgan fingerprint density at radius 1 is 1.24 bits per heavy atom. The third kappa shape index (κ3) is 5.21. The van der Waals surface area contributed by atoms with Gasteiger partial charge >= 0.3 is 6.03 Å². The molecule has 2 atom stereocenters. The fourth-order valence-electron chi connectivity index (χ4n) is 3.31. The number of benzene rings is 1. The number of rotatable bonds is 8. The molecule has 0 aromatic heterocycles. The van der Waals surface area contributed by atoms with Crippen LogP contribution in [0.4, 0.5) is 4.79 Å². The molecule has 0 spiro atoms. The summed E-state index contributed by atoms with van der Waals surface area (Å²) < 4.78 is 0. The third-order valence-corrected chi connectivity index (χ3v) is 4.80. The molecule has 5 heteroatoms. The van der Waals surface area contributed by atoms with E-state index in [2.05, 4.69) is 19.2 Å². The number of carbonyl (C=O) groups is 2. The molecule has 138 valence electrons. The molecule has 1 aliphatic heterocycles. The smallest absolute Gasteiger partial charge is 0.317 e. The lowest BCUT2D eigenvalue weighted by Crippen LogP contribution is -2.46. The molecule has 1 aliphatic rings. The zero-order valence-electron chi connectivity index (χ0n) is 15.7. The minimum absolute atomic E-state index is 0.0300. The van der Waals surface area contributed by atoms with Gasteiger partial charge in [-0.1, -0.05) is 50.6 Å². The van der Waals surface area contributed by atoms with Gasteiger partial charge in [-0.15, -0.1) is 0 Å². The van der Waals surface area contributed by atoms with Crippen molar-refractivity contribution in [2.24, 2.45) is 0 Å². The number of likely N-dealkylation sites (tertiary alicyclic amines) is 1. The second-order valence-electron chi connectivity index (χ2n) is 6.82. The number of unbranched alkanes of at least 4 members (excludes halogenated alkanes) is 1. The summed E-state index contributed by atoms with van der Waals surface area (Å²) in [7, 11) is 0. The van der Waals surface area contributed by atoms with Crippen LogP contribution in [-0.2, 0) is 4.79 Å². The van der Waals surface area contributed by atoms with Gasteiger partial charge in [-0.3, -0.25) is 4.79 Å². The normalized spacial score (nSPS) is 18.3. The minimum Gasteiger partial charge on any atom is -0.334 e. The Bertz CT molecular complexity index is 561. The van der Waals surface area contributed by atoms with Crippen molar-refractivity contribution >= 4 is 11.9 Å². The molecule has 5 nitrogen and oxygen atoms in total. The average molecular weight is 345 g/mol. The first-order valence-electron chi connectivity index (χ1n) is 9.46. The predicted octanol–water partition coefficient (Wildman–Crippen LogP) is 3.57. The van der Waals surface area contributed by atoms with Crippen molar-refractivity contribution in [3.05, 3.63) is 35.9 Å². The maximum absolute atomic E-state index is 12.5. The summed E-state index contributed by atoms with van der Waals surface area (Å²) in [5.74, 6) is 0.109. The number of nitrogens with zero attached hydrogens (tertiary/aromatic N) is 2. The fraction of sp³-hybridized carbons (Fsp3) is 0.600. The van der Waals surface area contributed by atoms with Crippen molar-refractivity contribution in [2.45, 2.75) is 58.5 Å². The summed E-state index contributed by atoms with van der Waals surface area (Å²) in [4.78, 5) is 28.7. The lowest BCUT2D eigenvalue weighted by Gasteiger charge is -2.27. The van der Waals surface area contributed by atoms with Gasteiger partial charge in [-0.25, -0.2) is 4.79 Å². The molecule has 25 heavy (non-hydrogen) atoms. The molecule has 1 fully saturated rings. The summed E-state index contributed by atoms with van der Waals surface area (Å²) in [6, 6.07) is 9.92. The van der Waals surface area contributed by atoms with Crippen molar-refractivity contribution in [1.82, 2.24) is 15.1 Å². The van der Waals surface area contributed by atoms with Gasteiger partial charge in [0.25, 0.3) is 0 Å². The molecule has 0 aliphatic carbocycles. The largest absolute Gasteiger partial charge is 0.334 e. The van der Waals surface area contributed by atoms with Crippen LogP contribution in [0.1, 0.15) is 58.1 Å². The van der Waals surface area contributed by atoms with E-state index in [1.54, 1.807) is 0 Å². The van der Waals surface area contributed by atoms with Crippen LogP contribution in [-0.4, -0.2) is 47.4 Å². The Morgan fingerprint density at radius 2 is 1.96 bits per heavy atom. The second kappa shape index (κ2) is 9.44. The van der Waals surface area contributed by atoms with Gasteiger partial charge in [0.1, 0.15) is 0 Å². The van der Waals surface area contributed by atoms with E-state index in [1.807, 2.05) is 47.1 Å². The maximum atomic E-state index is 12.5. The van der Waals surface area contributed by atoms with Crippen molar-refractivity contribution in [3.63, 3.8) is 0 Å². The van der Waals surface area contributed by atoms with Crippen LogP contribution in [0.25, 0.3) is 0 Å². The van der Waals surface area contributed by atoms with Crippen molar-refractivity contribution in [2.75, 3.05) is 19.6 Å². The lowest BCUT2D eigenvalue weighted by atomic mass is 10.1. The maximum Gasteiger partial charge on any atom is 0.317 e. The lowest BCUT2D eigenvalue weighted by molar-refractivity contribution is -0.129. The van der Waals surface area contributed by atoms with E-state index >= 15 is 0 Å². The highest BCUT2D eigenvalue weighted by molar-refractivity contribution is 5.82. The van der Waals surface area contributed by atoms with E-state index in [4.69, 9.17) is 0 Å².